The van der Waals surface area contributed by atoms with Crippen LogP contribution in [0.5, 0.6) is 0 Å². The zero-order chi connectivity index (χ0) is 9.61. The van der Waals surface area contributed by atoms with Crippen LogP contribution in [0.2, 0.25) is 25.7 Å². The average Bonchev–Trinajstić information content (AvgIpc) is 1.95. The van der Waals surface area contributed by atoms with E-state index < -0.39 is 8.07 Å². The Morgan fingerprint density at radius 1 is 1.08 bits per heavy atom. The van der Waals surface area contributed by atoms with Crippen molar-refractivity contribution in [2.24, 2.45) is 5.92 Å². The molecule has 1 unspecified atom stereocenters. The first-order valence-corrected chi connectivity index (χ1v) is 9.20. The van der Waals surface area contributed by atoms with Crippen LogP contribution in [0.3, 0.4) is 0 Å². The molecule has 0 aromatic carbocycles. The molecule has 0 radical (unpaired) electrons. The van der Waals surface area contributed by atoms with E-state index in [1.54, 1.807) is 0 Å². The third-order valence-electron chi connectivity index (χ3n) is 2.44. The summed E-state index contributed by atoms with van der Waals surface area (Å²) in [7, 11) is -0.791. The molecule has 0 saturated heterocycles. The summed E-state index contributed by atoms with van der Waals surface area (Å²) in [6.45, 7) is 12.1. The third kappa shape index (κ3) is 6.90. The Balaban J connectivity index is 3.67. The molecule has 0 aromatic rings. The fraction of sp³-hybridized carbons (Fsp3) is 1.00. The highest BCUT2D eigenvalue weighted by Gasteiger charge is 2.18. The first-order chi connectivity index (χ1) is 5.49. The van der Waals surface area contributed by atoms with E-state index in [9.17, 15) is 0 Å². The maximum atomic E-state index is 2.49. The number of hydrogen-bond donors (Lipinski definition) is 0. The fourth-order valence-electron chi connectivity index (χ4n) is 1.81. The van der Waals surface area contributed by atoms with E-state index in [1.165, 1.54) is 31.7 Å². The normalized spacial score (nSPS) is 14.8. The molecule has 0 aliphatic rings. The second-order valence-electron chi connectivity index (χ2n) is 5.18. The monoisotopic (exact) mass is 186 g/mol. The van der Waals surface area contributed by atoms with Gasteiger partial charge in [0.1, 0.15) is 0 Å². The molecule has 0 N–H and O–H groups in total. The lowest BCUT2D eigenvalue weighted by Gasteiger charge is -2.23. The molecule has 74 valence electrons. The standard InChI is InChI=1S/C11H26Si/c1-6-8-9-11(7-2)10-12(3,4)5/h11H,6-10H2,1-5H3. The summed E-state index contributed by atoms with van der Waals surface area (Å²) in [5.41, 5.74) is 0. The Bertz CT molecular complexity index is 102. The van der Waals surface area contributed by atoms with E-state index in [-0.39, 0.29) is 0 Å². The summed E-state index contributed by atoms with van der Waals surface area (Å²) in [6.07, 6.45) is 5.66. The van der Waals surface area contributed by atoms with Crippen LogP contribution in [0, 0.1) is 5.92 Å². The molecule has 0 amide bonds. The number of hydrogen-bond acceptors (Lipinski definition) is 0. The van der Waals surface area contributed by atoms with Gasteiger partial charge in [0, 0.05) is 8.07 Å². The molecule has 0 fully saturated rings. The minimum Gasteiger partial charge on any atom is -0.0695 e. The molecule has 12 heavy (non-hydrogen) atoms. The summed E-state index contributed by atoms with van der Waals surface area (Å²) in [5, 5.41) is 0. The van der Waals surface area contributed by atoms with Crippen LogP contribution in [-0.2, 0) is 0 Å². The maximum Gasteiger partial charge on any atom is 0.0445 e. The van der Waals surface area contributed by atoms with Crippen LogP contribution in [-0.4, -0.2) is 8.07 Å². The number of rotatable bonds is 6. The molecular formula is C11H26Si. The molecule has 1 atom stereocenters. The van der Waals surface area contributed by atoms with Crippen molar-refractivity contribution in [3.8, 4) is 0 Å². The van der Waals surface area contributed by atoms with Gasteiger partial charge in [0.05, 0.1) is 0 Å². The van der Waals surface area contributed by atoms with Crippen molar-refractivity contribution in [1.82, 2.24) is 0 Å². The second kappa shape index (κ2) is 5.79. The molecule has 0 saturated carbocycles. The van der Waals surface area contributed by atoms with Gasteiger partial charge >= 0.3 is 0 Å². The number of unbranched alkanes of at least 4 members (excludes halogenated alkanes) is 1. The van der Waals surface area contributed by atoms with Gasteiger partial charge < -0.3 is 0 Å². The molecule has 1 heteroatoms. The molecule has 0 aliphatic carbocycles. The maximum absolute atomic E-state index is 2.49. The highest BCUT2D eigenvalue weighted by Crippen LogP contribution is 2.24. The summed E-state index contributed by atoms with van der Waals surface area (Å²) < 4.78 is 0. The highest BCUT2D eigenvalue weighted by molar-refractivity contribution is 6.76. The topological polar surface area (TPSA) is 0 Å². The molecule has 0 aliphatic heterocycles. The van der Waals surface area contributed by atoms with Gasteiger partial charge in [-0.1, -0.05) is 65.2 Å². The minimum atomic E-state index is -0.791. The smallest absolute Gasteiger partial charge is 0.0445 e. The van der Waals surface area contributed by atoms with Crippen molar-refractivity contribution in [1.29, 1.82) is 0 Å². The summed E-state index contributed by atoms with van der Waals surface area (Å²) in [6, 6.07) is 1.53. The van der Waals surface area contributed by atoms with Gasteiger partial charge in [-0.05, 0) is 5.92 Å². The Morgan fingerprint density at radius 2 is 1.67 bits per heavy atom. The van der Waals surface area contributed by atoms with Crippen molar-refractivity contribution < 1.29 is 0 Å². The van der Waals surface area contributed by atoms with Crippen LogP contribution in [0.4, 0.5) is 0 Å². The van der Waals surface area contributed by atoms with Gasteiger partial charge in [-0.25, -0.2) is 0 Å². The lowest BCUT2D eigenvalue weighted by molar-refractivity contribution is 0.486. The van der Waals surface area contributed by atoms with Crippen LogP contribution < -0.4 is 0 Å². The molecule has 0 spiro atoms. The fourth-order valence-corrected chi connectivity index (χ4v) is 4.03. The predicted molar refractivity (Wildman–Crippen MR) is 61.5 cm³/mol. The first kappa shape index (κ1) is 12.2. The lowest BCUT2D eigenvalue weighted by atomic mass is 10.0. The van der Waals surface area contributed by atoms with Crippen molar-refractivity contribution in [3.63, 3.8) is 0 Å². The Labute approximate surface area is 79.8 Å². The van der Waals surface area contributed by atoms with E-state index in [0.717, 1.165) is 5.92 Å². The van der Waals surface area contributed by atoms with Gasteiger partial charge in [-0.15, -0.1) is 0 Å². The Kier molecular flexibility index (Phi) is 5.90. The van der Waals surface area contributed by atoms with Crippen LogP contribution >= 0.6 is 0 Å². The van der Waals surface area contributed by atoms with E-state index in [1.807, 2.05) is 0 Å². The zero-order valence-electron chi connectivity index (χ0n) is 9.61. The predicted octanol–water partition coefficient (Wildman–Crippen LogP) is 4.54. The van der Waals surface area contributed by atoms with Gasteiger partial charge in [0.2, 0.25) is 0 Å². The minimum absolute atomic E-state index is 0.791. The SMILES string of the molecule is CCCCC(CC)C[Si](C)(C)C. The molecule has 0 nitrogen and oxygen atoms in total. The van der Waals surface area contributed by atoms with Crippen molar-refractivity contribution in [2.75, 3.05) is 0 Å². The van der Waals surface area contributed by atoms with Gasteiger partial charge in [-0.2, -0.15) is 0 Å². The van der Waals surface area contributed by atoms with E-state index in [0.29, 0.717) is 0 Å². The van der Waals surface area contributed by atoms with E-state index >= 15 is 0 Å². The largest absolute Gasteiger partial charge is 0.0695 e. The van der Waals surface area contributed by atoms with Crippen molar-refractivity contribution in [3.05, 3.63) is 0 Å². The van der Waals surface area contributed by atoms with Gasteiger partial charge in [0.15, 0.2) is 0 Å². The van der Waals surface area contributed by atoms with Crippen molar-refractivity contribution >= 4 is 8.07 Å². The quantitative estimate of drug-likeness (QED) is 0.534. The van der Waals surface area contributed by atoms with Crippen LogP contribution in [0.15, 0.2) is 0 Å². The van der Waals surface area contributed by atoms with E-state index in [4.69, 9.17) is 0 Å². The van der Waals surface area contributed by atoms with Crippen LogP contribution in [0.1, 0.15) is 39.5 Å². The second-order valence-corrected chi connectivity index (χ2v) is 10.7. The lowest BCUT2D eigenvalue weighted by Crippen LogP contribution is -2.23. The Hall–Kier alpha value is 0.217. The van der Waals surface area contributed by atoms with Gasteiger partial charge in [0.25, 0.3) is 0 Å². The Morgan fingerprint density at radius 3 is 2.00 bits per heavy atom. The molecule has 0 rings (SSSR count). The first-order valence-electron chi connectivity index (χ1n) is 5.49. The summed E-state index contributed by atoms with van der Waals surface area (Å²) in [5.74, 6) is 1.02. The average molecular weight is 186 g/mol. The molecule has 0 bridgehead atoms. The molecule has 0 aromatic heterocycles. The molecule has 0 heterocycles. The third-order valence-corrected chi connectivity index (χ3v) is 4.25. The summed E-state index contributed by atoms with van der Waals surface area (Å²) >= 11 is 0. The zero-order valence-corrected chi connectivity index (χ0v) is 10.6. The van der Waals surface area contributed by atoms with Crippen molar-refractivity contribution in [2.45, 2.75) is 65.2 Å². The molecular weight excluding hydrogens is 160 g/mol. The van der Waals surface area contributed by atoms with Gasteiger partial charge in [-0.3, -0.25) is 0 Å². The van der Waals surface area contributed by atoms with Crippen LogP contribution in [0.25, 0.3) is 0 Å². The highest BCUT2D eigenvalue weighted by atomic mass is 28.3. The van der Waals surface area contributed by atoms with E-state index in [2.05, 4.69) is 33.5 Å². The summed E-state index contributed by atoms with van der Waals surface area (Å²) in [4.78, 5) is 0.